The van der Waals surface area contributed by atoms with Crippen molar-refractivity contribution >= 4 is 88.5 Å². The number of carbonyl (C=O) groups excluding carboxylic acids is 4. The molecule has 0 unspecified atom stereocenters. The van der Waals surface area contributed by atoms with E-state index in [4.69, 9.17) is 0 Å². The van der Waals surface area contributed by atoms with Crippen molar-refractivity contribution in [1.82, 2.24) is 15.7 Å². The zero-order chi connectivity index (χ0) is 17.6. The Bertz CT molecular complexity index is 505. The van der Waals surface area contributed by atoms with E-state index >= 15 is 0 Å². The molecule has 12 heteroatoms. The van der Waals surface area contributed by atoms with Gasteiger partial charge in [-0.1, -0.05) is 0 Å². The topological polar surface area (TPSA) is 81.2 Å². The first kappa shape index (κ1) is 19.8. The lowest BCUT2D eigenvalue weighted by Gasteiger charge is -2.19. The van der Waals surface area contributed by atoms with E-state index in [0.29, 0.717) is 0 Å². The van der Waals surface area contributed by atoms with Gasteiger partial charge in [-0.25, -0.2) is 17.4 Å². The number of rotatable bonds is 0. The highest BCUT2D eigenvalue weighted by Gasteiger charge is 2.50. The molecule has 2 saturated heterocycles. The number of amides is 6. The van der Waals surface area contributed by atoms with E-state index in [2.05, 4.69) is 64.6 Å². The minimum Gasteiger partial charge on any atom is -0.271 e. The Labute approximate surface area is 161 Å². The van der Waals surface area contributed by atoms with E-state index in [1.165, 1.54) is 7.85 Å². The number of halogens is 4. The fourth-order valence-corrected chi connectivity index (χ4v) is 3.69. The third-order valence-electron chi connectivity index (χ3n) is 3.06. The average Bonchev–Trinajstić information content (AvgIpc) is 2.67. The van der Waals surface area contributed by atoms with Crippen molar-refractivity contribution in [3.8, 4) is 0 Å². The SMILES string of the molecule is CC1(C)C(=O)N(Br)C(=O)N1Br.CC1(C)C(=O)N(Br)C(=O)N1Br. The summed E-state index contributed by atoms with van der Waals surface area (Å²) in [6, 6.07) is -0.806. The van der Waals surface area contributed by atoms with Crippen LogP contribution in [-0.4, -0.2) is 50.7 Å². The third-order valence-corrected chi connectivity index (χ3v) is 6.69. The summed E-state index contributed by atoms with van der Waals surface area (Å²) in [6.45, 7) is 6.62. The third kappa shape index (κ3) is 3.06. The van der Waals surface area contributed by atoms with Crippen molar-refractivity contribution < 1.29 is 19.2 Å². The van der Waals surface area contributed by atoms with Gasteiger partial charge in [0.15, 0.2) is 0 Å². The van der Waals surface area contributed by atoms with Crippen LogP contribution in [-0.2, 0) is 9.59 Å². The predicted molar refractivity (Wildman–Crippen MR) is 92.0 cm³/mol. The van der Waals surface area contributed by atoms with E-state index < -0.39 is 23.1 Å². The quantitative estimate of drug-likeness (QED) is 0.330. The van der Waals surface area contributed by atoms with Crippen molar-refractivity contribution in [3.63, 3.8) is 0 Å². The molecule has 2 rings (SSSR count). The lowest BCUT2D eigenvalue weighted by molar-refractivity contribution is -0.127. The van der Waals surface area contributed by atoms with Gasteiger partial charge < -0.3 is 0 Å². The highest BCUT2D eigenvalue weighted by atomic mass is 79.9. The lowest BCUT2D eigenvalue weighted by Crippen LogP contribution is -2.37. The molecule has 0 atom stereocenters. The second-order valence-corrected chi connectivity index (χ2v) is 8.25. The minimum atomic E-state index is -0.805. The van der Waals surface area contributed by atoms with Gasteiger partial charge in [0, 0.05) is 0 Å². The molecule has 2 aliphatic heterocycles. The number of imide groups is 2. The van der Waals surface area contributed by atoms with Crippen molar-refractivity contribution in [1.29, 1.82) is 0 Å². The summed E-state index contributed by atoms with van der Waals surface area (Å²) < 4.78 is 4.22. The van der Waals surface area contributed by atoms with Gasteiger partial charge in [0.05, 0.1) is 64.6 Å². The molecule has 6 amide bonds. The van der Waals surface area contributed by atoms with E-state index in [-0.39, 0.29) is 11.8 Å². The molecule has 0 radical (unpaired) electrons. The minimum absolute atomic E-state index is 0.278. The van der Waals surface area contributed by atoms with E-state index in [0.717, 1.165) is 7.85 Å². The molecule has 2 fully saturated rings. The molecule has 124 valence electrons. The maximum atomic E-state index is 11.2. The van der Waals surface area contributed by atoms with Gasteiger partial charge in [0.2, 0.25) is 0 Å². The smallest absolute Gasteiger partial charge is 0.271 e. The summed E-state index contributed by atoms with van der Waals surface area (Å²) >= 11 is 11.7. The maximum Gasteiger partial charge on any atom is 0.348 e. The van der Waals surface area contributed by atoms with E-state index in [1.54, 1.807) is 27.7 Å². The molecule has 0 aliphatic carbocycles. The Hall–Kier alpha value is -0.200. The van der Waals surface area contributed by atoms with Gasteiger partial charge in [0.25, 0.3) is 11.8 Å². The zero-order valence-electron chi connectivity index (χ0n) is 11.9. The second-order valence-electron chi connectivity index (χ2n) is 5.42. The van der Waals surface area contributed by atoms with Gasteiger partial charge in [-0.05, 0) is 27.7 Å². The summed E-state index contributed by atoms with van der Waals surface area (Å²) in [5.41, 5.74) is -1.61. The first-order chi connectivity index (χ1) is 9.77. The molecule has 2 aliphatic rings. The first-order valence-electron chi connectivity index (χ1n) is 5.78. The summed E-state index contributed by atoms with van der Waals surface area (Å²) in [5.74, 6) is -0.557. The number of nitrogens with zero attached hydrogens (tertiary/aromatic N) is 4. The number of carbonyl (C=O) groups is 4. The van der Waals surface area contributed by atoms with Crippen LogP contribution in [0.2, 0.25) is 0 Å². The molecule has 8 nitrogen and oxygen atoms in total. The Morgan fingerprint density at radius 2 is 0.864 bits per heavy atom. The summed E-state index contributed by atoms with van der Waals surface area (Å²) in [7, 11) is 0. The van der Waals surface area contributed by atoms with Crippen LogP contribution in [0.25, 0.3) is 0 Å². The Morgan fingerprint density at radius 1 is 0.636 bits per heavy atom. The Kier molecular flexibility index (Phi) is 5.74. The van der Waals surface area contributed by atoms with Crippen LogP contribution in [0.5, 0.6) is 0 Å². The van der Waals surface area contributed by atoms with Crippen LogP contribution in [0.3, 0.4) is 0 Å². The molecule has 22 heavy (non-hydrogen) atoms. The average molecular weight is 572 g/mol. The molecular weight excluding hydrogens is 560 g/mol. The monoisotopic (exact) mass is 568 g/mol. The van der Waals surface area contributed by atoms with Crippen LogP contribution in [0.15, 0.2) is 0 Å². The molecular formula is C10H12Br4N4O4. The van der Waals surface area contributed by atoms with Crippen LogP contribution in [0.1, 0.15) is 27.7 Å². The predicted octanol–water partition coefficient (Wildman–Crippen LogP) is 3.30. The second kappa shape index (κ2) is 6.36. The van der Waals surface area contributed by atoms with E-state index in [1.807, 2.05) is 0 Å². The van der Waals surface area contributed by atoms with Crippen molar-refractivity contribution in [2.75, 3.05) is 0 Å². The Morgan fingerprint density at radius 3 is 0.909 bits per heavy atom. The normalized spacial score (nSPS) is 23.3. The van der Waals surface area contributed by atoms with Gasteiger partial charge in [-0.3, -0.25) is 9.59 Å². The molecule has 0 aromatic heterocycles. The standard InChI is InChI=1S/2C5H6Br2N2O2/c2*1-5(2)3(10)8(6)4(11)9(5)7/h2*1-2H3. The van der Waals surface area contributed by atoms with Crippen molar-refractivity contribution in [2.24, 2.45) is 0 Å². The molecule has 0 spiro atoms. The van der Waals surface area contributed by atoms with Gasteiger partial charge in [0.1, 0.15) is 11.1 Å². The van der Waals surface area contributed by atoms with Crippen LogP contribution in [0.4, 0.5) is 9.59 Å². The molecule has 0 N–H and O–H groups in total. The number of urea groups is 2. The van der Waals surface area contributed by atoms with Crippen molar-refractivity contribution in [3.05, 3.63) is 0 Å². The van der Waals surface area contributed by atoms with Crippen LogP contribution < -0.4 is 0 Å². The van der Waals surface area contributed by atoms with Gasteiger partial charge >= 0.3 is 12.1 Å². The number of hydrogen-bond acceptors (Lipinski definition) is 4. The van der Waals surface area contributed by atoms with Gasteiger partial charge in [-0.2, -0.15) is 7.85 Å². The van der Waals surface area contributed by atoms with E-state index in [9.17, 15) is 19.2 Å². The van der Waals surface area contributed by atoms with Gasteiger partial charge in [-0.15, -0.1) is 0 Å². The molecule has 2 heterocycles. The van der Waals surface area contributed by atoms with Crippen LogP contribution >= 0.6 is 64.6 Å². The molecule has 0 aromatic rings. The summed E-state index contributed by atoms with van der Waals surface area (Å²) in [6.07, 6.45) is 0. The largest absolute Gasteiger partial charge is 0.348 e. The summed E-state index contributed by atoms with van der Waals surface area (Å²) in [4.78, 5) is 44.6. The highest BCUT2D eigenvalue weighted by Crippen LogP contribution is 2.33. The number of hydrogen-bond donors (Lipinski definition) is 0. The fraction of sp³-hybridized carbons (Fsp3) is 0.600. The Balaban J connectivity index is 0.000000220. The molecule has 0 bridgehead atoms. The molecule has 0 saturated carbocycles. The highest BCUT2D eigenvalue weighted by molar-refractivity contribution is 9.09. The fourth-order valence-electron chi connectivity index (χ4n) is 1.45. The molecule has 0 aromatic carbocycles. The first-order valence-corrected chi connectivity index (χ1v) is 8.62. The zero-order valence-corrected chi connectivity index (χ0v) is 18.3. The van der Waals surface area contributed by atoms with Crippen molar-refractivity contribution in [2.45, 2.75) is 38.8 Å². The maximum absolute atomic E-state index is 11.2. The summed E-state index contributed by atoms with van der Waals surface area (Å²) in [5, 5.41) is 0. The van der Waals surface area contributed by atoms with Crippen LogP contribution in [0, 0.1) is 0 Å². The lowest BCUT2D eigenvalue weighted by atomic mass is 10.1.